The van der Waals surface area contributed by atoms with Gasteiger partial charge in [-0.15, -0.1) is 0 Å². The zero-order valence-corrected chi connectivity index (χ0v) is 12.4. The summed E-state index contributed by atoms with van der Waals surface area (Å²) in [6.45, 7) is 3.48. The Morgan fingerprint density at radius 2 is 1.61 bits per heavy atom. The lowest BCUT2D eigenvalue weighted by atomic mass is 10.2. The van der Waals surface area contributed by atoms with Crippen molar-refractivity contribution in [2.45, 2.75) is 13.1 Å². The van der Waals surface area contributed by atoms with E-state index in [2.05, 4.69) is 20.8 Å². The van der Waals surface area contributed by atoms with Crippen LogP contribution < -0.4 is 0 Å². The van der Waals surface area contributed by atoms with Crippen LogP contribution in [-0.4, -0.2) is 44.4 Å². The molecule has 0 unspecified atom stereocenters. The summed E-state index contributed by atoms with van der Waals surface area (Å²) in [6.07, 6.45) is -2.39. The Labute approximate surface area is 130 Å². The molecule has 0 saturated heterocycles. The van der Waals surface area contributed by atoms with Crippen LogP contribution in [0.5, 0.6) is 0 Å². The van der Waals surface area contributed by atoms with Crippen molar-refractivity contribution in [3.63, 3.8) is 0 Å². The van der Waals surface area contributed by atoms with Crippen LogP contribution in [-0.2, 0) is 28.6 Å². The van der Waals surface area contributed by atoms with Gasteiger partial charge in [0.25, 0.3) is 0 Å². The molecule has 0 aromatic rings. The number of halogens is 3. The topological polar surface area (TPSA) is 78.9 Å². The van der Waals surface area contributed by atoms with Gasteiger partial charge in [0.1, 0.15) is 18.8 Å². The Bertz CT molecular complexity index is 531. The fraction of sp³-hybridized carbons (Fsp3) is 0.357. The lowest BCUT2D eigenvalue weighted by Crippen LogP contribution is -2.22. The molecule has 0 aliphatic carbocycles. The zero-order chi connectivity index (χ0) is 18.0. The third kappa shape index (κ3) is 7.84. The predicted octanol–water partition coefficient (Wildman–Crippen LogP) is 1.87. The molecule has 0 rings (SSSR count). The second-order valence-corrected chi connectivity index (χ2v) is 3.93. The molecule has 0 saturated carbocycles. The average molecular weight is 336 g/mol. The van der Waals surface area contributed by atoms with Gasteiger partial charge in [-0.2, -0.15) is 13.2 Å². The summed E-state index contributed by atoms with van der Waals surface area (Å²) in [5.41, 5.74) is -1.56. The van der Waals surface area contributed by atoms with Crippen LogP contribution in [0.2, 0.25) is 0 Å². The van der Waals surface area contributed by atoms with Gasteiger partial charge in [0, 0.05) is 11.6 Å². The first-order valence-electron chi connectivity index (χ1n) is 6.12. The molecule has 9 heteroatoms. The Hall–Kier alpha value is -2.58. The molecule has 0 spiro atoms. The minimum absolute atomic E-state index is 0.0156. The van der Waals surface area contributed by atoms with Gasteiger partial charge in [-0.3, -0.25) is 0 Å². The van der Waals surface area contributed by atoms with Gasteiger partial charge in [-0.1, -0.05) is 6.58 Å². The second kappa shape index (κ2) is 9.44. The molecule has 0 heterocycles. The third-order valence-corrected chi connectivity index (χ3v) is 2.32. The van der Waals surface area contributed by atoms with Crippen LogP contribution in [0.4, 0.5) is 13.2 Å². The van der Waals surface area contributed by atoms with Crippen molar-refractivity contribution in [1.82, 2.24) is 0 Å². The van der Waals surface area contributed by atoms with E-state index in [1.54, 1.807) is 0 Å². The molecular weight excluding hydrogens is 321 g/mol. The minimum atomic E-state index is -4.93. The molecule has 128 valence electrons. The first-order valence-corrected chi connectivity index (χ1v) is 6.12. The van der Waals surface area contributed by atoms with Gasteiger partial charge >= 0.3 is 24.1 Å². The molecule has 0 amide bonds. The molecule has 0 aliphatic heterocycles. The Kier molecular flexibility index (Phi) is 8.38. The van der Waals surface area contributed by atoms with E-state index in [0.29, 0.717) is 6.08 Å². The molecule has 0 N–H and O–H groups in total. The molecule has 23 heavy (non-hydrogen) atoms. The molecule has 0 fully saturated rings. The minimum Gasteiger partial charge on any atom is -0.465 e. The maximum Gasteiger partial charge on any atom is 0.423 e. The molecule has 0 bridgehead atoms. The highest BCUT2D eigenvalue weighted by molar-refractivity contribution is 5.90. The van der Waals surface area contributed by atoms with Crippen LogP contribution in [0.1, 0.15) is 6.92 Å². The van der Waals surface area contributed by atoms with Crippen molar-refractivity contribution in [1.29, 1.82) is 0 Å². The van der Waals surface area contributed by atoms with E-state index in [0.717, 1.165) is 13.2 Å². The smallest absolute Gasteiger partial charge is 0.423 e. The zero-order valence-electron chi connectivity index (χ0n) is 12.4. The number of methoxy groups -OCH3 is 1. The monoisotopic (exact) mass is 336 g/mol. The lowest BCUT2D eigenvalue weighted by Gasteiger charge is -2.09. The van der Waals surface area contributed by atoms with Gasteiger partial charge in [-0.05, 0) is 19.1 Å². The third-order valence-electron chi connectivity index (χ3n) is 2.32. The fourth-order valence-corrected chi connectivity index (χ4v) is 1.13. The normalized spacial score (nSPS) is 12.4. The molecular formula is C14H15F3O6. The summed E-state index contributed by atoms with van der Waals surface area (Å²) in [5, 5.41) is 0. The van der Waals surface area contributed by atoms with Crippen molar-refractivity contribution >= 4 is 17.9 Å². The molecule has 0 atom stereocenters. The van der Waals surface area contributed by atoms with Gasteiger partial charge in [0.15, 0.2) is 0 Å². The predicted molar refractivity (Wildman–Crippen MR) is 72.0 cm³/mol. The van der Waals surface area contributed by atoms with E-state index in [4.69, 9.17) is 0 Å². The number of carbonyl (C=O) groups excluding carboxylic acids is 3. The summed E-state index contributed by atoms with van der Waals surface area (Å²) in [7, 11) is 0.797. The fourth-order valence-electron chi connectivity index (χ4n) is 1.13. The maximum atomic E-state index is 12.5. The highest BCUT2D eigenvalue weighted by Gasteiger charge is 2.39. The van der Waals surface area contributed by atoms with E-state index in [1.807, 2.05) is 0 Å². The number of hydrogen-bond donors (Lipinski definition) is 0. The van der Waals surface area contributed by atoms with Gasteiger partial charge in [0.2, 0.25) is 0 Å². The van der Waals surface area contributed by atoms with E-state index in [1.165, 1.54) is 13.0 Å². The van der Waals surface area contributed by atoms with Crippen molar-refractivity contribution in [3.05, 3.63) is 36.0 Å². The lowest BCUT2D eigenvalue weighted by molar-refractivity contribution is -0.149. The number of alkyl halides is 3. The largest absolute Gasteiger partial charge is 0.465 e. The van der Waals surface area contributed by atoms with E-state index >= 15 is 0 Å². The molecule has 6 nitrogen and oxygen atoms in total. The maximum absolute atomic E-state index is 12.5. The van der Waals surface area contributed by atoms with Gasteiger partial charge in [0.05, 0.1) is 7.11 Å². The van der Waals surface area contributed by atoms with Crippen LogP contribution in [0, 0.1) is 0 Å². The quantitative estimate of drug-likeness (QED) is 0.401. The number of ether oxygens (including phenoxy) is 3. The van der Waals surface area contributed by atoms with Crippen molar-refractivity contribution in [3.8, 4) is 0 Å². The van der Waals surface area contributed by atoms with Crippen LogP contribution >= 0.6 is 0 Å². The number of carbonyl (C=O) groups is 3. The summed E-state index contributed by atoms with van der Waals surface area (Å²) >= 11 is 0. The SMILES string of the molecule is C=CC(=O)OC/C=C(\C)C(=O)OC/C=C(/C(=O)OC)C(F)(F)F. The number of hydrogen-bond acceptors (Lipinski definition) is 6. The Morgan fingerprint density at radius 1 is 1.04 bits per heavy atom. The van der Waals surface area contributed by atoms with Crippen molar-refractivity contribution in [2.24, 2.45) is 0 Å². The molecule has 0 aromatic carbocycles. The highest BCUT2D eigenvalue weighted by Crippen LogP contribution is 2.26. The van der Waals surface area contributed by atoms with E-state index < -0.39 is 36.3 Å². The molecule has 0 aromatic heterocycles. The Balaban J connectivity index is 4.64. The highest BCUT2D eigenvalue weighted by atomic mass is 19.4. The van der Waals surface area contributed by atoms with E-state index in [-0.39, 0.29) is 12.2 Å². The number of rotatable bonds is 7. The van der Waals surface area contributed by atoms with Crippen LogP contribution in [0.15, 0.2) is 36.0 Å². The summed E-state index contributed by atoms with van der Waals surface area (Å²) in [5.74, 6) is -3.21. The van der Waals surface area contributed by atoms with Crippen molar-refractivity contribution in [2.75, 3.05) is 20.3 Å². The average Bonchev–Trinajstić information content (AvgIpc) is 2.48. The first-order chi connectivity index (χ1) is 10.6. The summed E-state index contributed by atoms with van der Waals surface area (Å²) < 4.78 is 50.7. The van der Waals surface area contributed by atoms with Crippen LogP contribution in [0.25, 0.3) is 0 Å². The van der Waals surface area contributed by atoms with Crippen LogP contribution in [0.3, 0.4) is 0 Å². The standard InChI is InChI=1S/C14H15F3O6/c1-4-11(18)22-7-5-9(2)12(19)23-8-6-10(13(20)21-3)14(15,16)17/h4-6H,1,7-8H2,2-3H3/b9-5+,10-6-. The van der Waals surface area contributed by atoms with Gasteiger partial charge < -0.3 is 14.2 Å². The number of esters is 3. The second-order valence-electron chi connectivity index (χ2n) is 3.93. The van der Waals surface area contributed by atoms with E-state index in [9.17, 15) is 27.6 Å². The summed E-state index contributed by atoms with van der Waals surface area (Å²) in [4.78, 5) is 33.2. The first kappa shape index (κ1) is 20.4. The Morgan fingerprint density at radius 3 is 2.09 bits per heavy atom. The van der Waals surface area contributed by atoms with Gasteiger partial charge in [-0.25, -0.2) is 14.4 Å². The van der Waals surface area contributed by atoms with Crippen molar-refractivity contribution < 1.29 is 41.8 Å². The summed E-state index contributed by atoms with van der Waals surface area (Å²) in [6, 6.07) is 0. The molecule has 0 radical (unpaired) electrons. The molecule has 0 aliphatic rings.